The molecule has 0 spiro atoms. The average molecular weight is 384 g/mol. The first kappa shape index (κ1) is 16.6. The lowest BCUT2D eigenvalue weighted by Gasteiger charge is -2.10. The van der Waals surface area contributed by atoms with Gasteiger partial charge in [-0.15, -0.1) is 11.3 Å². The number of amides is 1. The van der Waals surface area contributed by atoms with Crippen LogP contribution in [0.1, 0.15) is 10.4 Å². The molecule has 2 aromatic carbocycles. The topological polar surface area (TPSA) is 55.6 Å². The molecule has 4 aromatic rings. The van der Waals surface area contributed by atoms with Gasteiger partial charge in [-0.1, -0.05) is 23.7 Å². The lowest BCUT2D eigenvalue weighted by atomic mass is 10.1. The Kier molecular flexibility index (Phi) is 4.36. The minimum Gasteiger partial charge on any atom is -0.496 e. The summed E-state index contributed by atoms with van der Waals surface area (Å²) in [5, 5.41) is 5.35. The van der Waals surface area contributed by atoms with Gasteiger partial charge in [0.15, 0.2) is 4.96 Å². The van der Waals surface area contributed by atoms with E-state index in [0.29, 0.717) is 22.0 Å². The van der Waals surface area contributed by atoms with Gasteiger partial charge in [0.25, 0.3) is 5.91 Å². The van der Waals surface area contributed by atoms with Gasteiger partial charge in [0, 0.05) is 34.0 Å². The zero-order chi connectivity index (χ0) is 18.1. The van der Waals surface area contributed by atoms with Gasteiger partial charge in [0.05, 0.1) is 18.4 Å². The molecule has 0 atom stereocenters. The second kappa shape index (κ2) is 6.82. The molecule has 5 nitrogen and oxygen atoms in total. The van der Waals surface area contributed by atoms with E-state index in [2.05, 4.69) is 10.3 Å². The van der Waals surface area contributed by atoms with E-state index < -0.39 is 0 Å². The zero-order valence-electron chi connectivity index (χ0n) is 13.8. The Morgan fingerprint density at radius 2 is 2.15 bits per heavy atom. The average Bonchev–Trinajstić information content (AvgIpc) is 3.24. The fourth-order valence-corrected chi connectivity index (χ4v) is 3.55. The van der Waals surface area contributed by atoms with Gasteiger partial charge >= 0.3 is 0 Å². The van der Waals surface area contributed by atoms with Crippen LogP contribution in [0.5, 0.6) is 5.75 Å². The van der Waals surface area contributed by atoms with Crippen molar-refractivity contribution in [3.63, 3.8) is 0 Å². The third-order valence-electron chi connectivity index (χ3n) is 3.92. The summed E-state index contributed by atoms with van der Waals surface area (Å²) in [6.45, 7) is 0. The molecule has 2 heterocycles. The van der Waals surface area contributed by atoms with Crippen molar-refractivity contribution in [2.45, 2.75) is 0 Å². The van der Waals surface area contributed by atoms with Crippen molar-refractivity contribution >= 4 is 39.5 Å². The fraction of sp³-hybridized carbons (Fsp3) is 0.0526. The maximum atomic E-state index is 12.6. The Morgan fingerprint density at radius 1 is 1.27 bits per heavy atom. The number of halogens is 1. The summed E-state index contributed by atoms with van der Waals surface area (Å²) in [6, 6.07) is 12.5. The summed E-state index contributed by atoms with van der Waals surface area (Å²) in [4.78, 5) is 18.1. The van der Waals surface area contributed by atoms with E-state index in [9.17, 15) is 4.79 Å². The fourth-order valence-electron chi connectivity index (χ4n) is 2.68. The molecule has 0 bridgehead atoms. The first-order valence-corrected chi connectivity index (χ1v) is 9.07. The quantitative estimate of drug-likeness (QED) is 0.541. The Labute approximate surface area is 158 Å². The third kappa shape index (κ3) is 3.16. The molecule has 1 amide bonds. The predicted molar refractivity (Wildman–Crippen MR) is 104 cm³/mol. The monoisotopic (exact) mass is 383 g/mol. The molecule has 1 N–H and O–H groups in total. The minimum absolute atomic E-state index is 0.285. The van der Waals surface area contributed by atoms with Crippen LogP contribution in [-0.2, 0) is 0 Å². The normalized spacial score (nSPS) is 10.8. The molecule has 0 radical (unpaired) electrons. The number of hydrogen-bond donors (Lipinski definition) is 1. The highest BCUT2D eigenvalue weighted by atomic mass is 35.5. The van der Waals surface area contributed by atoms with Gasteiger partial charge in [-0.25, -0.2) is 4.98 Å². The number of fused-ring (bicyclic) bond motifs is 1. The van der Waals surface area contributed by atoms with E-state index in [1.54, 1.807) is 29.5 Å². The molecule has 26 heavy (non-hydrogen) atoms. The number of ether oxygens (including phenoxy) is 1. The van der Waals surface area contributed by atoms with Crippen molar-refractivity contribution in [1.82, 2.24) is 9.38 Å². The van der Waals surface area contributed by atoms with E-state index in [1.807, 2.05) is 46.4 Å². The Hall–Kier alpha value is -2.83. The van der Waals surface area contributed by atoms with Crippen molar-refractivity contribution in [2.24, 2.45) is 0 Å². The number of benzene rings is 2. The highest BCUT2D eigenvalue weighted by Gasteiger charge is 2.14. The van der Waals surface area contributed by atoms with E-state index in [-0.39, 0.29) is 5.91 Å². The SMILES string of the molecule is COc1ccc(Cl)cc1C(=O)Nc1cccc(-c2cn3ccsc3n2)c1. The van der Waals surface area contributed by atoms with Crippen molar-refractivity contribution in [1.29, 1.82) is 0 Å². The summed E-state index contributed by atoms with van der Waals surface area (Å²) in [6.07, 6.45) is 3.93. The minimum atomic E-state index is -0.285. The highest BCUT2D eigenvalue weighted by molar-refractivity contribution is 7.15. The van der Waals surface area contributed by atoms with Crippen molar-refractivity contribution in [3.05, 3.63) is 70.8 Å². The second-order valence-electron chi connectivity index (χ2n) is 5.60. The first-order valence-electron chi connectivity index (χ1n) is 7.81. The van der Waals surface area contributed by atoms with Gasteiger partial charge < -0.3 is 10.1 Å². The largest absolute Gasteiger partial charge is 0.496 e. The number of rotatable bonds is 4. The summed E-state index contributed by atoms with van der Waals surface area (Å²) in [5.74, 6) is 0.185. The van der Waals surface area contributed by atoms with Gasteiger partial charge in [0.2, 0.25) is 0 Å². The maximum Gasteiger partial charge on any atom is 0.259 e. The van der Waals surface area contributed by atoms with Crippen LogP contribution in [0.15, 0.2) is 60.2 Å². The smallest absolute Gasteiger partial charge is 0.259 e. The van der Waals surface area contributed by atoms with Crippen LogP contribution in [0.2, 0.25) is 5.02 Å². The Bertz CT molecular complexity index is 1070. The van der Waals surface area contributed by atoms with Gasteiger partial charge in [-0.2, -0.15) is 0 Å². The lowest BCUT2D eigenvalue weighted by Crippen LogP contribution is -2.13. The number of nitrogens with one attached hydrogen (secondary N) is 1. The Morgan fingerprint density at radius 3 is 2.96 bits per heavy atom. The van der Waals surface area contributed by atoms with Gasteiger partial charge in [-0.3, -0.25) is 9.20 Å². The number of imidazole rings is 1. The molecule has 0 saturated carbocycles. The van der Waals surface area contributed by atoms with Crippen LogP contribution >= 0.6 is 22.9 Å². The number of methoxy groups -OCH3 is 1. The van der Waals surface area contributed by atoms with E-state index in [0.717, 1.165) is 16.2 Å². The number of anilines is 1. The van der Waals surface area contributed by atoms with Crippen molar-refractivity contribution < 1.29 is 9.53 Å². The van der Waals surface area contributed by atoms with Crippen LogP contribution in [0.25, 0.3) is 16.2 Å². The number of nitrogens with zero attached hydrogens (tertiary/aromatic N) is 2. The number of carbonyl (C=O) groups is 1. The molecular formula is C19H14ClN3O2S. The molecule has 0 fully saturated rings. The van der Waals surface area contributed by atoms with E-state index >= 15 is 0 Å². The summed E-state index contributed by atoms with van der Waals surface area (Å²) >= 11 is 7.58. The first-order chi connectivity index (χ1) is 12.6. The van der Waals surface area contributed by atoms with Crippen LogP contribution in [0.4, 0.5) is 5.69 Å². The van der Waals surface area contributed by atoms with Crippen LogP contribution in [0.3, 0.4) is 0 Å². The summed E-state index contributed by atoms with van der Waals surface area (Å²) in [5.41, 5.74) is 2.84. The molecule has 0 aliphatic heterocycles. The lowest BCUT2D eigenvalue weighted by molar-refractivity contribution is 0.102. The highest BCUT2D eigenvalue weighted by Crippen LogP contribution is 2.26. The van der Waals surface area contributed by atoms with Crippen LogP contribution in [-0.4, -0.2) is 22.4 Å². The number of hydrogen-bond acceptors (Lipinski definition) is 4. The molecule has 0 aliphatic carbocycles. The third-order valence-corrected chi connectivity index (χ3v) is 4.92. The molecular weight excluding hydrogens is 370 g/mol. The molecule has 2 aromatic heterocycles. The summed E-state index contributed by atoms with van der Waals surface area (Å²) < 4.78 is 7.22. The number of thiazole rings is 1. The number of aromatic nitrogens is 2. The molecule has 0 aliphatic rings. The zero-order valence-corrected chi connectivity index (χ0v) is 15.3. The molecule has 4 rings (SSSR count). The number of carbonyl (C=O) groups excluding carboxylic acids is 1. The van der Waals surface area contributed by atoms with E-state index in [4.69, 9.17) is 16.3 Å². The molecule has 130 valence electrons. The molecule has 0 unspecified atom stereocenters. The standard InChI is InChI=1S/C19H14ClN3O2S/c1-25-17-6-5-13(20)10-15(17)18(24)21-14-4-2-3-12(9-14)16-11-23-7-8-26-19(23)22-16/h2-11H,1H3,(H,21,24). The van der Waals surface area contributed by atoms with Gasteiger partial charge in [-0.05, 0) is 30.3 Å². The van der Waals surface area contributed by atoms with Crippen molar-refractivity contribution in [2.75, 3.05) is 12.4 Å². The molecule has 7 heteroatoms. The van der Waals surface area contributed by atoms with Crippen molar-refractivity contribution in [3.8, 4) is 17.0 Å². The van der Waals surface area contributed by atoms with Crippen LogP contribution < -0.4 is 10.1 Å². The Balaban J connectivity index is 1.62. The van der Waals surface area contributed by atoms with Gasteiger partial charge in [0.1, 0.15) is 5.75 Å². The predicted octanol–water partition coefficient (Wildman–Crippen LogP) is 4.98. The summed E-state index contributed by atoms with van der Waals surface area (Å²) in [7, 11) is 1.52. The van der Waals surface area contributed by atoms with E-state index in [1.165, 1.54) is 7.11 Å². The molecule has 0 saturated heterocycles. The maximum absolute atomic E-state index is 12.6. The van der Waals surface area contributed by atoms with Crippen LogP contribution in [0, 0.1) is 0 Å². The second-order valence-corrected chi connectivity index (χ2v) is 6.91.